The van der Waals surface area contributed by atoms with Crippen LogP contribution in [0.3, 0.4) is 0 Å². The van der Waals surface area contributed by atoms with Gasteiger partial charge in [-0.3, -0.25) is 4.79 Å². The van der Waals surface area contributed by atoms with Gasteiger partial charge in [0.15, 0.2) is 0 Å². The maximum absolute atomic E-state index is 12.0. The van der Waals surface area contributed by atoms with Gasteiger partial charge in [0.05, 0.1) is 29.1 Å². The Hall–Kier alpha value is -2.78. The number of carbonyl (C=O) groups is 2. The molecule has 0 heterocycles. The SMILES string of the molecule is CC(C)OC(=O)c1ccc(NC(=O)CSCc2cccc(C#N)c2)cc1. The van der Waals surface area contributed by atoms with Gasteiger partial charge in [0.1, 0.15) is 0 Å². The van der Waals surface area contributed by atoms with E-state index in [1.807, 2.05) is 18.2 Å². The van der Waals surface area contributed by atoms with Crippen molar-refractivity contribution in [1.82, 2.24) is 0 Å². The molecule has 1 N–H and O–H groups in total. The summed E-state index contributed by atoms with van der Waals surface area (Å²) in [6.07, 6.45) is -0.173. The minimum atomic E-state index is -0.381. The Labute approximate surface area is 157 Å². The molecule has 2 aromatic carbocycles. The second-order valence-electron chi connectivity index (χ2n) is 5.88. The summed E-state index contributed by atoms with van der Waals surface area (Å²) in [7, 11) is 0. The number of amides is 1. The van der Waals surface area contributed by atoms with E-state index in [-0.39, 0.29) is 18.0 Å². The predicted octanol–water partition coefficient (Wildman–Crippen LogP) is 4.00. The summed E-state index contributed by atoms with van der Waals surface area (Å²) in [5, 5.41) is 11.7. The van der Waals surface area contributed by atoms with Crippen LogP contribution >= 0.6 is 11.8 Å². The topological polar surface area (TPSA) is 79.2 Å². The summed E-state index contributed by atoms with van der Waals surface area (Å²) in [6.45, 7) is 3.58. The molecular formula is C20H20N2O3S. The van der Waals surface area contributed by atoms with E-state index in [2.05, 4.69) is 11.4 Å². The van der Waals surface area contributed by atoms with E-state index >= 15 is 0 Å². The normalized spacial score (nSPS) is 10.2. The molecule has 2 rings (SSSR count). The number of ether oxygens (including phenoxy) is 1. The number of nitriles is 1. The first kappa shape index (κ1) is 19.5. The molecule has 0 aliphatic rings. The highest BCUT2D eigenvalue weighted by Crippen LogP contribution is 2.15. The van der Waals surface area contributed by atoms with Crippen LogP contribution in [0.25, 0.3) is 0 Å². The molecule has 0 radical (unpaired) electrons. The van der Waals surface area contributed by atoms with Crippen molar-refractivity contribution in [3.8, 4) is 6.07 Å². The third-order valence-electron chi connectivity index (χ3n) is 3.31. The number of hydrogen-bond donors (Lipinski definition) is 1. The van der Waals surface area contributed by atoms with Crippen LogP contribution in [0, 0.1) is 11.3 Å². The number of rotatable bonds is 7. The van der Waals surface area contributed by atoms with Gasteiger partial charge in [-0.15, -0.1) is 11.8 Å². The molecule has 0 bridgehead atoms. The summed E-state index contributed by atoms with van der Waals surface area (Å²) in [5.74, 6) is 0.452. The lowest BCUT2D eigenvalue weighted by Crippen LogP contribution is -2.15. The van der Waals surface area contributed by atoms with Gasteiger partial charge >= 0.3 is 5.97 Å². The van der Waals surface area contributed by atoms with E-state index in [4.69, 9.17) is 10.00 Å². The minimum absolute atomic E-state index is 0.121. The fraction of sp³-hybridized carbons (Fsp3) is 0.250. The van der Waals surface area contributed by atoms with Crippen LogP contribution in [0.2, 0.25) is 0 Å². The fourth-order valence-corrected chi connectivity index (χ4v) is 2.94. The molecule has 0 aromatic heterocycles. The number of benzene rings is 2. The van der Waals surface area contributed by atoms with E-state index in [0.717, 1.165) is 5.56 Å². The Morgan fingerprint density at radius 1 is 1.19 bits per heavy atom. The molecule has 0 saturated carbocycles. The lowest BCUT2D eigenvalue weighted by molar-refractivity contribution is -0.113. The van der Waals surface area contributed by atoms with Gasteiger partial charge in [-0.2, -0.15) is 5.26 Å². The standard InChI is InChI=1S/C20H20N2O3S/c1-14(2)25-20(24)17-6-8-18(9-7-17)22-19(23)13-26-12-16-5-3-4-15(10-16)11-21/h3-10,14H,12-13H2,1-2H3,(H,22,23). The average molecular weight is 368 g/mol. The summed E-state index contributed by atoms with van der Waals surface area (Å²) < 4.78 is 5.12. The average Bonchev–Trinajstić information content (AvgIpc) is 2.62. The van der Waals surface area contributed by atoms with Crippen LogP contribution in [-0.4, -0.2) is 23.7 Å². The van der Waals surface area contributed by atoms with E-state index in [1.54, 1.807) is 44.2 Å². The number of anilines is 1. The van der Waals surface area contributed by atoms with Crippen molar-refractivity contribution in [1.29, 1.82) is 5.26 Å². The minimum Gasteiger partial charge on any atom is -0.459 e. The summed E-state index contributed by atoms with van der Waals surface area (Å²) >= 11 is 1.47. The zero-order valence-electron chi connectivity index (χ0n) is 14.7. The Morgan fingerprint density at radius 3 is 2.58 bits per heavy atom. The molecule has 1 amide bonds. The van der Waals surface area contributed by atoms with Gasteiger partial charge in [-0.1, -0.05) is 12.1 Å². The highest BCUT2D eigenvalue weighted by molar-refractivity contribution is 7.99. The van der Waals surface area contributed by atoms with Gasteiger partial charge in [0.2, 0.25) is 5.91 Å². The van der Waals surface area contributed by atoms with Crippen LogP contribution < -0.4 is 5.32 Å². The van der Waals surface area contributed by atoms with E-state index in [9.17, 15) is 9.59 Å². The number of thioether (sulfide) groups is 1. The van der Waals surface area contributed by atoms with Crippen LogP contribution in [0.15, 0.2) is 48.5 Å². The molecule has 0 saturated heterocycles. The second kappa shape index (κ2) is 9.64. The van der Waals surface area contributed by atoms with Gasteiger partial charge in [-0.25, -0.2) is 4.79 Å². The first-order chi connectivity index (χ1) is 12.5. The number of nitrogens with one attached hydrogen (secondary N) is 1. The Balaban J connectivity index is 1.80. The number of esters is 1. The molecular weight excluding hydrogens is 348 g/mol. The highest BCUT2D eigenvalue weighted by Gasteiger charge is 2.09. The molecule has 6 heteroatoms. The van der Waals surface area contributed by atoms with Crippen molar-refractivity contribution in [3.63, 3.8) is 0 Å². The van der Waals surface area contributed by atoms with Gasteiger partial charge < -0.3 is 10.1 Å². The quantitative estimate of drug-likeness (QED) is 0.748. The molecule has 0 aliphatic carbocycles. The maximum Gasteiger partial charge on any atom is 0.338 e. The van der Waals surface area contributed by atoms with Crippen molar-refractivity contribution >= 4 is 29.3 Å². The molecule has 0 aliphatic heterocycles. The van der Waals surface area contributed by atoms with Gasteiger partial charge in [0, 0.05) is 11.4 Å². The third kappa shape index (κ3) is 6.26. The monoisotopic (exact) mass is 368 g/mol. The number of carbonyl (C=O) groups excluding carboxylic acids is 2. The smallest absolute Gasteiger partial charge is 0.338 e. The molecule has 0 atom stereocenters. The van der Waals surface area contributed by atoms with Crippen LogP contribution in [0.5, 0.6) is 0 Å². The van der Waals surface area contributed by atoms with Crippen molar-refractivity contribution in [3.05, 3.63) is 65.2 Å². The van der Waals surface area contributed by atoms with Crippen molar-refractivity contribution in [2.24, 2.45) is 0 Å². The van der Waals surface area contributed by atoms with Gasteiger partial charge in [-0.05, 0) is 55.8 Å². The number of hydrogen-bond acceptors (Lipinski definition) is 5. The largest absolute Gasteiger partial charge is 0.459 e. The molecule has 0 spiro atoms. The summed E-state index contributed by atoms with van der Waals surface area (Å²) in [6, 6.07) is 16.0. The molecule has 26 heavy (non-hydrogen) atoms. The predicted molar refractivity (Wildman–Crippen MR) is 103 cm³/mol. The highest BCUT2D eigenvalue weighted by atomic mass is 32.2. The molecule has 0 fully saturated rings. The van der Waals surface area contributed by atoms with Crippen LogP contribution in [0.1, 0.15) is 35.3 Å². The Kier molecular flexibility index (Phi) is 7.24. The first-order valence-corrected chi connectivity index (χ1v) is 9.31. The lowest BCUT2D eigenvalue weighted by Gasteiger charge is -2.09. The molecule has 134 valence electrons. The van der Waals surface area contributed by atoms with E-state index in [1.165, 1.54) is 11.8 Å². The third-order valence-corrected chi connectivity index (χ3v) is 4.31. The van der Waals surface area contributed by atoms with E-state index in [0.29, 0.717) is 28.3 Å². The molecule has 2 aromatic rings. The Bertz CT molecular complexity index is 811. The van der Waals surface area contributed by atoms with Gasteiger partial charge in [0.25, 0.3) is 0 Å². The first-order valence-electron chi connectivity index (χ1n) is 8.15. The Morgan fingerprint density at radius 2 is 1.92 bits per heavy atom. The maximum atomic E-state index is 12.0. The fourth-order valence-electron chi connectivity index (χ4n) is 2.16. The molecule has 0 unspecified atom stereocenters. The van der Waals surface area contributed by atoms with Crippen LogP contribution in [-0.2, 0) is 15.3 Å². The lowest BCUT2D eigenvalue weighted by atomic mass is 10.2. The molecule has 5 nitrogen and oxygen atoms in total. The van der Waals surface area contributed by atoms with Crippen molar-refractivity contribution in [2.75, 3.05) is 11.1 Å². The van der Waals surface area contributed by atoms with E-state index < -0.39 is 0 Å². The summed E-state index contributed by atoms with van der Waals surface area (Å²) in [5.41, 5.74) is 2.70. The van der Waals surface area contributed by atoms with Crippen LogP contribution in [0.4, 0.5) is 5.69 Å². The number of nitrogens with zero attached hydrogens (tertiary/aromatic N) is 1. The second-order valence-corrected chi connectivity index (χ2v) is 6.87. The van der Waals surface area contributed by atoms with Crippen molar-refractivity contribution < 1.29 is 14.3 Å². The van der Waals surface area contributed by atoms with Crippen molar-refractivity contribution in [2.45, 2.75) is 25.7 Å². The summed E-state index contributed by atoms with van der Waals surface area (Å²) in [4.78, 5) is 23.8. The zero-order chi connectivity index (χ0) is 18.9. The zero-order valence-corrected chi connectivity index (χ0v) is 15.5.